The Morgan fingerprint density at radius 3 is 1.74 bits per heavy atom. The van der Waals surface area contributed by atoms with Crippen molar-refractivity contribution >= 4 is 23.2 Å². The lowest BCUT2D eigenvalue weighted by atomic mass is 9.97. The average Bonchev–Trinajstić information content (AvgIpc) is 4.32. The van der Waals surface area contributed by atoms with Gasteiger partial charge in [0, 0.05) is 90.1 Å². The number of nitrogens with two attached hydrogens (primary N) is 2. The Bertz CT molecular complexity index is 2590. The van der Waals surface area contributed by atoms with Crippen molar-refractivity contribution in [1.82, 2.24) is 9.97 Å². The van der Waals surface area contributed by atoms with Crippen LogP contribution in [0.2, 0.25) is 0 Å². The van der Waals surface area contributed by atoms with Crippen molar-refractivity contribution in [3.63, 3.8) is 0 Å². The molecule has 3 saturated carbocycles. The number of carbonyl (C=O) groups is 2. The lowest BCUT2D eigenvalue weighted by Gasteiger charge is -2.33. The molecule has 9 heteroatoms. The molecule has 6 atom stereocenters. The normalized spacial score (nSPS) is 19.7. The van der Waals surface area contributed by atoms with Crippen LogP contribution in [0.4, 0.5) is 11.4 Å². The molecule has 0 spiro atoms. The van der Waals surface area contributed by atoms with Crippen LogP contribution in [0.5, 0.6) is 0 Å². The van der Waals surface area contributed by atoms with Gasteiger partial charge in [0.25, 0.3) is 0 Å². The Kier molecular flexibility index (Phi) is 16.2. The maximum absolute atomic E-state index is 13.8. The monoisotopic (exact) mass is 925 g/mol. The van der Waals surface area contributed by atoms with Gasteiger partial charge in [-0.1, -0.05) is 131 Å². The van der Waals surface area contributed by atoms with Crippen LogP contribution in [0.1, 0.15) is 112 Å². The van der Waals surface area contributed by atoms with E-state index in [-0.39, 0.29) is 47.1 Å². The van der Waals surface area contributed by atoms with Crippen LogP contribution >= 0.6 is 0 Å². The minimum absolute atomic E-state index is 0.0233. The number of pyridine rings is 2. The van der Waals surface area contributed by atoms with Gasteiger partial charge in [-0.15, -0.1) is 0 Å². The average molecular weight is 925 g/mol. The molecular weight excluding hydrogens is 853 g/mol. The molecule has 0 saturated heterocycles. The van der Waals surface area contributed by atoms with Crippen LogP contribution in [0.3, 0.4) is 0 Å². The summed E-state index contributed by atoms with van der Waals surface area (Å²) in [5.41, 5.74) is 25.0. The highest BCUT2D eigenvalue weighted by molar-refractivity contribution is 5.98. The zero-order valence-corrected chi connectivity index (χ0v) is 41.4. The molecule has 2 unspecified atom stereocenters. The molecule has 3 aliphatic carbocycles. The van der Waals surface area contributed by atoms with E-state index < -0.39 is 0 Å². The SMILES string of the molecule is CCCc1ccc(-c2ccc(N(C[C@@H](N)[C@@H](C)CC)C(=O)C3CC3c3ccccn3)cc2)cc1.COCc1ccc(-c2ccc(N(CC3(N)CCCC3)C(=O)[C@H]3C[C@@H]3c3cccc(C)n3)cc2)cc1. The van der Waals surface area contributed by atoms with E-state index in [2.05, 4.69) is 128 Å². The summed E-state index contributed by atoms with van der Waals surface area (Å²) in [5, 5.41) is 0. The van der Waals surface area contributed by atoms with E-state index in [1.807, 2.05) is 53.1 Å². The lowest BCUT2D eigenvalue weighted by Crippen LogP contribution is -2.50. The summed E-state index contributed by atoms with van der Waals surface area (Å²) in [6.07, 6.45) is 11.0. The molecule has 2 aromatic heterocycles. The van der Waals surface area contributed by atoms with Gasteiger partial charge in [-0.2, -0.15) is 0 Å². The summed E-state index contributed by atoms with van der Waals surface area (Å²) >= 11 is 0. The zero-order chi connectivity index (χ0) is 48.5. The van der Waals surface area contributed by atoms with Crippen LogP contribution in [0.25, 0.3) is 22.3 Å². The van der Waals surface area contributed by atoms with Gasteiger partial charge in [0.05, 0.1) is 6.61 Å². The maximum atomic E-state index is 13.8. The fourth-order valence-corrected chi connectivity index (χ4v) is 10.0. The van der Waals surface area contributed by atoms with Crippen molar-refractivity contribution in [1.29, 1.82) is 0 Å². The fraction of sp³-hybridized carbons (Fsp3) is 0.400. The van der Waals surface area contributed by atoms with E-state index in [9.17, 15) is 9.59 Å². The topological polar surface area (TPSA) is 128 Å². The van der Waals surface area contributed by atoms with Crippen molar-refractivity contribution in [3.05, 3.63) is 168 Å². The van der Waals surface area contributed by atoms with Gasteiger partial charge in [-0.25, -0.2) is 0 Å². The number of nitrogens with zero attached hydrogens (tertiary/aromatic N) is 4. The van der Waals surface area contributed by atoms with E-state index in [0.717, 1.165) is 108 Å². The molecule has 69 heavy (non-hydrogen) atoms. The highest BCUT2D eigenvalue weighted by Crippen LogP contribution is 2.49. The van der Waals surface area contributed by atoms with Gasteiger partial charge in [0.15, 0.2) is 0 Å². The summed E-state index contributed by atoms with van der Waals surface area (Å²) < 4.78 is 5.21. The molecule has 0 aliphatic heterocycles. The molecule has 4 N–H and O–H groups in total. The van der Waals surface area contributed by atoms with Crippen molar-refractivity contribution in [2.75, 3.05) is 30.0 Å². The van der Waals surface area contributed by atoms with Crippen LogP contribution in [0, 0.1) is 24.7 Å². The molecule has 9 nitrogen and oxygen atoms in total. The number of methoxy groups -OCH3 is 1. The van der Waals surface area contributed by atoms with Gasteiger partial charge in [0.1, 0.15) is 0 Å². The molecule has 3 aliphatic rings. The molecule has 3 fully saturated rings. The first kappa shape index (κ1) is 49.4. The number of ether oxygens (including phenoxy) is 1. The molecule has 9 rings (SSSR count). The molecule has 0 bridgehead atoms. The van der Waals surface area contributed by atoms with E-state index >= 15 is 0 Å². The molecule has 2 amide bonds. The van der Waals surface area contributed by atoms with Gasteiger partial charge in [-0.3, -0.25) is 19.6 Å². The van der Waals surface area contributed by atoms with Crippen molar-refractivity contribution in [2.24, 2.45) is 29.2 Å². The first-order chi connectivity index (χ1) is 33.5. The summed E-state index contributed by atoms with van der Waals surface area (Å²) in [7, 11) is 1.71. The molecule has 2 heterocycles. The third-order valence-corrected chi connectivity index (χ3v) is 14.7. The number of hydrogen-bond acceptors (Lipinski definition) is 7. The molecule has 6 aromatic rings. The van der Waals surface area contributed by atoms with E-state index in [1.54, 1.807) is 13.3 Å². The zero-order valence-electron chi connectivity index (χ0n) is 41.4. The number of rotatable bonds is 18. The van der Waals surface area contributed by atoms with E-state index in [0.29, 0.717) is 25.6 Å². The standard InChI is InChI=1S/C30H35N3O2.C30H37N3O/c1-21-6-5-7-28(32-21)26-18-27(26)29(34)33(20-30(31)16-3-4-17-30)25-14-12-24(13-15-25)23-10-8-22(9-11-23)19-35-2;1-4-8-22-10-12-23(13-11-22)24-14-16-25(17-15-24)33(20-28(31)21(3)5-2)30(34)27-19-26(27)29-9-6-7-18-32-29/h5-15,26-27H,3-4,16-20,31H2,1-2H3;6-7,9-18,21,26-28H,4-5,8,19-20,31H2,1-3H3/t26-,27-;21-,26?,27?,28+/m00/s1. The van der Waals surface area contributed by atoms with Gasteiger partial charge >= 0.3 is 0 Å². The predicted molar refractivity (Wildman–Crippen MR) is 281 cm³/mol. The summed E-state index contributed by atoms with van der Waals surface area (Å²) in [4.78, 5) is 40.4. The van der Waals surface area contributed by atoms with Crippen molar-refractivity contribution in [3.8, 4) is 22.3 Å². The van der Waals surface area contributed by atoms with E-state index in [1.165, 1.54) is 11.1 Å². The Morgan fingerprint density at radius 1 is 0.696 bits per heavy atom. The number of carbonyl (C=O) groups excluding carboxylic acids is 2. The minimum Gasteiger partial charge on any atom is -0.380 e. The number of anilines is 2. The number of benzene rings is 4. The quantitative estimate of drug-likeness (QED) is 0.0878. The Morgan fingerprint density at radius 2 is 1.22 bits per heavy atom. The number of amides is 2. The maximum Gasteiger partial charge on any atom is 0.230 e. The Labute approximate surface area is 410 Å². The third-order valence-electron chi connectivity index (χ3n) is 14.7. The first-order valence-electron chi connectivity index (χ1n) is 25.4. The molecular formula is C60H72N6O3. The van der Waals surface area contributed by atoms with Crippen molar-refractivity contribution in [2.45, 2.75) is 116 Å². The fourth-order valence-electron chi connectivity index (χ4n) is 10.0. The number of aromatic nitrogens is 2. The van der Waals surface area contributed by atoms with Gasteiger partial charge in [-0.05, 0) is 127 Å². The predicted octanol–water partition coefficient (Wildman–Crippen LogP) is 11.8. The second-order valence-electron chi connectivity index (χ2n) is 20.0. The molecule has 0 radical (unpaired) electrons. The smallest absolute Gasteiger partial charge is 0.230 e. The van der Waals surface area contributed by atoms with Crippen LogP contribution in [-0.2, 0) is 27.4 Å². The second-order valence-corrected chi connectivity index (χ2v) is 20.0. The van der Waals surface area contributed by atoms with Crippen LogP contribution < -0.4 is 21.3 Å². The highest BCUT2D eigenvalue weighted by atomic mass is 16.5. The van der Waals surface area contributed by atoms with Crippen LogP contribution in [0.15, 0.2) is 140 Å². The highest BCUT2D eigenvalue weighted by Gasteiger charge is 2.49. The third kappa shape index (κ3) is 12.4. The second kappa shape index (κ2) is 22.6. The molecule has 360 valence electrons. The van der Waals surface area contributed by atoms with Gasteiger partial charge < -0.3 is 26.0 Å². The summed E-state index contributed by atoms with van der Waals surface area (Å²) in [5.74, 6) is 1.04. The Hall–Kier alpha value is -6.00. The van der Waals surface area contributed by atoms with Crippen LogP contribution in [-0.4, -0.2) is 53.6 Å². The summed E-state index contributed by atoms with van der Waals surface area (Å²) in [6.45, 7) is 10.2. The van der Waals surface area contributed by atoms with E-state index in [4.69, 9.17) is 16.2 Å². The summed E-state index contributed by atoms with van der Waals surface area (Å²) in [6, 6.07) is 45.8. The van der Waals surface area contributed by atoms with Crippen molar-refractivity contribution < 1.29 is 14.3 Å². The van der Waals surface area contributed by atoms with Gasteiger partial charge in [0.2, 0.25) is 11.8 Å². The number of hydrogen-bond donors (Lipinski definition) is 2. The first-order valence-corrected chi connectivity index (χ1v) is 25.4. The Balaban J connectivity index is 0.000000186. The largest absolute Gasteiger partial charge is 0.380 e. The lowest BCUT2D eigenvalue weighted by molar-refractivity contribution is -0.120. The number of aryl methyl sites for hydroxylation is 2. The minimum atomic E-state index is -0.308. The molecule has 4 aromatic carbocycles.